The van der Waals surface area contributed by atoms with Crippen LogP contribution in [-0.4, -0.2) is 158 Å². The summed E-state index contributed by atoms with van der Waals surface area (Å²) in [5.74, 6) is 0. The van der Waals surface area contributed by atoms with E-state index in [1.54, 1.807) is 0 Å². The molecule has 226 valence electrons. The van der Waals surface area contributed by atoms with Gasteiger partial charge in [0.2, 0.25) is 0 Å². The summed E-state index contributed by atoms with van der Waals surface area (Å²) in [4.78, 5) is 0. The third kappa shape index (κ3) is 8.15. The first kappa shape index (κ1) is 33.5. The van der Waals surface area contributed by atoms with E-state index in [-0.39, 0.29) is 13.0 Å². The summed E-state index contributed by atoms with van der Waals surface area (Å²) in [5.41, 5.74) is 23.5. The fourth-order valence-corrected chi connectivity index (χ4v) is 4.40. The van der Waals surface area contributed by atoms with E-state index in [4.69, 9.17) is 59.4 Å². The molecule has 1 saturated carbocycles. The minimum Gasteiger partial charge on any atom is -0.394 e. The van der Waals surface area contributed by atoms with Crippen molar-refractivity contribution in [2.45, 2.75) is 98.2 Å². The van der Waals surface area contributed by atoms with E-state index in [2.05, 4.69) is 0 Å². The minimum atomic E-state index is -4.67. The van der Waals surface area contributed by atoms with Crippen LogP contribution in [0.2, 0.25) is 0 Å². The summed E-state index contributed by atoms with van der Waals surface area (Å²) in [6.45, 7) is -0.763. The maximum absolute atomic E-state index is 10.9. The highest BCUT2D eigenvalue weighted by molar-refractivity contribution is 7.79. The molecule has 0 aromatic heterocycles. The summed E-state index contributed by atoms with van der Waals surface area (Å²) < 4.78 is 53.8. The summed E-state index contributed by atoms with van der Waals surface area (Å²) in [6.07, 6.45) is -16.5. The number of aliphatic hydroxyl groups excluding tert-OH is 7. The SMILES string of the molecule is NC[C@H]1O[C@H](OC2C(N)C[C@@H](N)C(O[C@H]3O[C@H](CO)[C@@H](O)[C@@H](N)[C@H]3O)C2O)[C@H](O)[C@@H](O)[C@@H]1O.O=S(=O)(O)O. The molecule has 19 nitrogen and oxygen atoms in total. The quantitative estimate of drug-likeness (QED) is 0.129. The number of hydrogen-bond donors (Lipinski definition) is 13. The zero-order chi connectivity index (χ0) is 29.1. The molecule has 3 rings (SSSR count). The number of hydrogen-bond acceptors (Lipinski definition) is 17. The van der Waals surface area contributed by atoms with Gasteiger partial charge in [-0.05, 0) is 6.42 Å². The zero-order valence-electron chi connectivity index (χ0n) is 20.0. The van der Waals surface area contributed by atoms with Gasteiger partial charge in [-0.2, -0.15) is 8.42 Å². The zero-order valence-corrected chi connectivity index (χ0v) is 20.8. The molecule has 0 aromatic carbocycles. The lowest BCUT2D eigenvalue weighted by atomic mass is 9.84. The Morgan fingerprint density at radius 2 is 1.16 bits per heavy atom. The van der Waals surface area contributed by atoms with Gasteiger partial charge < -0.3 is 77.6 Å². The Balaban J connectivity index is 0.000000926. The van der Waals surface area contributed by atoms with Crippen LogP contribution >= 0.6 is 0 Å². The maximum atomic E-state index is 10.9. The highest BCUT2D eigenvalue weighted by atomic mass is 32.3. The van der Waals surface area contributed by atoms with Gasteiger partial charge in [-0.3, -0.25) is 9.11 Å². The van der Waals surface area contributed by atoms with Gasteiger partial charge in [-0.25, -0.2) is 0 Å². The molecule has 3 fully saturated rings. The molecule has 0 bridgehead atoms. The van der Waals surface area contributed by atoms with Crippen molar-refractivity contribution < 1.29 is 72.2 Å². The van der Waals surface area contributed by atoms with Crippen LogP contribution in [-0.2, 0) is 29.3 Å². The first-order chi connectivity index (χ1) is 17.5. The standard InChI is InChI=1S/C18H36N4O11.H2O4S/c19-2-6-10(25)12(27)13(28)18(30-6)33-16-5(21)1-4(20)15(14(16)29)32-17-11(26)8(22)9(24)7(3-23)31-17;1-5(2,3)4/h4-18,23-29H,1-3,19-22H2;(H2,1,2,3,4)/t4-,5?,6-,7-,8-,9-,10-,11-,12+,13-,14?,15?,16?,17-,18-;/m1./s1. The van der Waals surface area contributed by atoms with Crippen LogP contribution in [0.15, 0.2) is 0 Å². The average molecular weight is 583 g/mol. The molecule has 0 amide bonds. The van der Waals surface area contributed by atoms with Gasteiger partial charge in [-0.1, -0.05) is 0 Å². The van der Waals surface area contributed by atoms with E-state index in [1.807, 2.05) is 0 Å². The van der Waals surface area contributed by atoms with Crippen molar-refractivity contribution in [3.8, 4) is 0 Å². The Morgan fingerprint density at radius 1 is 0.711 bits per heavy atom. The number of rotatable bonds is 6. The Kier molecular flexibility index (Phi) is 12.1. The molecule has 0 radical (unpaired) electrons. The molecule has 3 aliphatic rings. The lowest BCUT2D eigenvalue weighted by Gasteiger charge is -2.48. The second-order valence-corrected chi connectivity index (χ2v) is 10.1. The van der Waals surface area contributed by atoms with Crippen molar-refractivity contribution in [1.29, 1.82) is 0 Å². The van der Waals surface area contributed by atoms with Crippen LogP contribution in [0.3, 0.4) is 0 Å². The third-order valence-electron chi connectivity index (χ3n) is 6.48. The third-order valence-corrected chi connectivity index (χ3v) is 6.48. The Morgan fingerprint density at radius 3 is 1.61 bits per heavy atom. The molecule has 15 atom stereocenters. The van der Waals surface area contributed by atoms with Crippen LogP contribution < -0.4 is 22.9 Å². The van der Waals surface area contributed by atoms with Crippen molar-refractivity contribution in [3.63, 3.8) is 0 Å². The Labute approximate surface area is 217 Å². The lowest BCUT2D eigenvalue weighted by Crippen LogP contribution is -2.68. The van der Waals surface area contributed by atoms with Gasteiger partial charge in [0.25, 0.3) is 0 Å². The van der Waals surface area contributed by atoms with Crippen LogP contribution in [0.1, 0.15) is 6.42 Å². The second kappa shape index (κ2) is 13.8. The molecule has 0 spiro atoms. The van der Waals surface area contributed by atoms with Crippen LogP contribution in [0.25, 0.3) is 0 Å². The minimum absolute atomic E-state index is 0.0849. The van der Waals surface area contributed by atoms with Gasteiger partial charge >= 0.3 is 10.4 Å². The van der Waals surface area contributed by atoms with Crippen molar-refractivity contribution in [1.82, 2.24) is 0 Å². The van der Waals surface area contributed by atoms with E-state index in [9.17, 15) is 35.7 Å². The highest BCUT2D eigenvalue weighted by Crippen LogP contribution is 2.31. The Bertz CT molecular complexity index is 783. The van der Waals surface area contributed by atoms with E-state index < -0.39 is 109 Å². The molecule has 2 heterocycles. The van der Waals surface area contributed by atoms with Crippen molar-refractivity contribution in [3.05, 3.63) is 0 Å². The molecule has 20 heteroatoms. The summed E-state index contributed by atoms with van der Waals surface area (Å²) in [6, 6.07) is -2.86. The molecular weight excluding hydrogens is 544 g/mol. The molecule has 38 heavy (non-hydrogen) atoms. The number of aliphatic hydroxyl groups is 7. The number of ether oxygens (including phenoxy) is 4. The smallest absolute Gasteiger partial charge is 0.394 e. The first-order valence-corrected chi connectivity index (χ1v) is 12.9. The molecule has 1 aliphatic carbocycles. The fourth-order valence-electron chi connectivity index (χ4n) is 4.40. The molecule has 4 unspecified atom stereocenters. The summed E-state index contributed by atoms with van der Waals surface area (Å²) in [7, 11) is -4.67. The summed E-state index contributed by atoms with van der Waals surface area (Å²) in [5, 5.41) is 70.9. The topological polar surface area (TPSA) is 357 Å². The predicted octanol–water partition coefficient (Wildman–Crippen LogP) is -7.94. The van der Waals surface area contributed by atoms with E-state index in [1.165, 1.54) is 0 Å². The predicted molar refractivity (Wildman–Crippen MR) is 122 cm³/mol. The van der Waals surface area contributed by atoms with Gasteiger partial charge in [0.1, 0.15) is 61.0 Å². The largest absolute Gasteiger partial charge is 0.394 e. The van der Waals surface area contributed by atoms with Crippen LogP contribution in [0.5, 0.6) is 0 Å². The van der Waals surface area contributed by atoms with Crippen molar-refractivity contribution in [2.24, 2.45) is 22.9 Å². The molecule has 0 aromatic rings. The highest BCUT2D eigenvalue weighted by Gasteiger charge is 2.51. The molecule has 2 aliphatic heterocycles. The van der Waals surface area contributed by atoms with Gasteiger partial charge in [0.05, 0.1) is 12.6 Å². The first-order valence-electron chi connectivity index (χ1n) is 11.5. The Hall–Kier alpha value is -0.730. The van der Waals surface area contributed by atoms with E-state index in [0.29, 0.717) is 0 Å². The normalized spacial score (nSPS) is 48.2. The molecule has 2 saturated heterocycles. The van der Waals surface area contributed by atoms with Gasteiger partial charge in [0.15, 0.2) is 12.6 Å². The molecular formula is C18H38N4O15S. The van der Waals surface area contributed by atoms with Crippen LogP contribution in [0.4, 0.5) is 0 Å². The van der Waals surface area contributed by atoms with Crippen molar-refractivity contribution in [2.75, 3.05) is 13.2 Å². The van der Waals surface area contributed by atoms with Crippen LogP contribution in [0, 0.1) is 0 Å². The van der Waals surface area contributed by atoms with E-state index in [0.717, 1.165) is 0 Å². The van der Waals surface area contributed by atoms with E-state index >= 15 is 0 Å². The fraction of sp³-hybridized carbons (Fsp3) is 1.00. The average Bonchev–Trinajstić information content (AvgIpc) is 2.83. The van der Waals surface area contributed by atoms with Gasteiger partial charge in [0, 0.05) is 18.6 Å². The number of nitrogens with two attached hydrogens (primary N) is 4. The second-order valence-electron chi connectivity index (χ2n) is 9.24. The van der Waals surface area contributed by atoms with Crippen molar-refractivity contribution >= 4 is 10.4 Å². The summed E-state index contributed by atoms with van der Waals surface area (Å²) >= 11 is 0. The monoisotopic (exact) mass is 582 g/mol. The lowest BCUT2D eigenvalue weighted by molar-refractivity contribution is -0.332. The molecule has 17 N–H and O–H groups in total. The maximum Gasteiger partial charge on any atom is 0.394 e. The van der Waals surface area contributed by atoms with Gasteiger partial charge in [-0.15, -0.1) is 0 Å².